The van der Waals surface area contributed by atoms with E-state index in [2.05, 4.69) is 11.4 Å². The topological polar surface area (TPSA) is 62.1 Å². The van der Waals surface area contributed by atoms with Crippen molar-refractivity contribution in [3.63, 3.8) is 0 Å². The van der Waals surface area contributed by atoms with Gasteiger partial charge in [0.15, 0.2) is 0 Å². The third-order valence-corrected chi connectivity index (χ3v) is 4.11. The molecule has 1 aliphatic rings. The Bertz CT molecular complexity index is 676. The number of esters is 1. The lowest BCUT2D eigenvalue weighted by atomic mass is 9.78. The Hall–Kier alpha value is -1.90. The molecule has 0 bridgehead atoms. The highest BCUT2D eigenvalue weighted by atomic mass is 35.5. The number of nitrogens with one attached hydrogen (secondary N) is 1. The Kier molecular flexibility index (Phi) is 5.17. The molecule has 0 radical (unpaired) electrons. The predicted octanol–water partition coefficient (Wildman–Crippen LogP) is 3.33. The average molecular weight is 335 g/mol. The van der Waals surface area contributed by atoms with Gasteiger partial charge >= 0.3 is 5.97 Å². The fourth-order valence-corrected chi connectivity index (χ4v) is 3.00. The van der Waals surface area contributed by atoms with Crippen molar-refractivity contribution in [1.82, 2.24) is 5.32 Å². The van der Waals surface area contributed by atoms with Gasteiger partial charge in [-0.3, -0.25) is 0 Å². The predicted molar refractivity (Wildman–Crippen MR) is 88.4 cm³/mol. The van der Waals surface area contributed by atoms with Gasteiger partial charge in [0.25, 0.3) is 0 Å². The Morgan fingerprint density at radius 1 is 1.45 bits per heavy atom. The number of hydrogen-bond acceptors (Lipinski definition) is 4. The summed E-state index contributed by atoms with van der Waals surface area (Å²) in [4.78, 5) is 12.7. The largest absolute Gasteiger partial charge is 0.463 e. The molecule has 1 heterocycles. The van der Waals surface area contributed by atoms with Crippen molar-refractivity contribution in [2.45, 2.75) is 19.8 Å². The van der Waals surface area contributed by atoms with Gasteiger partial charge < -0.3 is 10.1 Å². The van der Waals surface area contributed by atoms with E-state index in [0.29, 0.717) is 21.3 Å². The first-order valence-corrected chi connectivity index (χ1v) is 7.62. The highest BCUT2D eigenvalue weighted by Crippen LogP contribution is 2.38. The summed E-state index contributed by atoms with van der Waals surface area (Å²) in [7, 11) is 0. The van der Waals surface area contributed by atoms with Gasteiger partial charge in [-0.2, -0.15) is 5.26 Å². The van der Waals surface area contributed by atoms with Crippen LogP contribution in [0.1, 0.15) is 25.3 Å². The molecule has 2 rings (SSSR count). The van der Waals surface area contributed by atoms with Crippen molar-refractivity contribution in [2.24, 2.45) is 5.92 Å². The number of nitriles is 1. The molecule has 1 N–H and O–H groups in total. The third kappa shape index (κ3) is 3.13. The summed E-state index contributed by atoms with van der Waals surface area (Å²) >= 11 is 11.2. The molecule has 0 fully saturated rings. The lowest BCUT2D eigenvalue weighted by molar-refractivity contribution is -0.139. The zero-order valence-electron chi connectivity index (χ0n) is 12.2. The molecule has 2 atom stereocenters. The summed E-state index contributed by atoms with van der Waals surface area (Å²) in [6.07, 6.45) is 0. The summed E-state index contributed by atoms with van der Waals surface area (Å²) in [5.74, 6) is -1.52. The number of nitrogens with zero attached hydrogens (tertiary/aromatic N) is 1. The van der Waals surface area contributed by atoms with E-state index in [0.717, 1.165) is 5.56 Å². The van der Waals surface area contributed by atoms with Crippen molar-refractivity contribution >= 4 is 34.8 Å². The smallest absolute Gasteiger partial charge is 0.336 e. The van der Waals surface area contributed by atoms with E-state index < -0.39 is 17.8 Å². The Morgan fingerprint density at radius 2 is 2.09 bits per heavy atom. The van der Waals surface area contributed by atoms with Crippen molar-refractivity contribution in [3.05, 3.63) is 46.1 Å². The van der Waals surface area contributed by atoms with Crippen molar-refractivity contribution < 1.29 is 9.53 Å². The van der Waals surface area contributed by atoms with Gasteiger partial charge in [0, 0.05) is 16.6 Å². The molecule has 0 spiro atoms. The number of benzene rings is 1. The van der Waals surface area contributed by atoms with Crippen molar-refractivity contribution in [3.8, 4) is 6.07 Å². The number of carbonyl (C=O) groups is 1. The van der Waals surface area contributed by atoms with Crippen LogP contribution in [0, 0.1) is 17.2 Å². The summed E-state index contributed by atoms with van der Waals surface area (Å²) in [6, 6.07) is 9.25. The fourth-order valence-electron chi connectivity index (χ4n) is 2.53. The van der Waals surface area contributed by atoms with Gasteiger partial charge in [0.2, 0.25) is 0 Å². The van der Waals surface area contributed by atoms with Crippen LogP contribution in [0.5, 0.6) is 0 Å². The monoisotopic (exact) mass is 334 g/mol. The van der Waals surface area contributed by atoms with E-state index in [9.17, 15) is 10.1 Å². The van der Waals surface area contributed by atoms with Crippen LogP contribution in [0.4, 0.5) is 0 Å². The molecule has 0 unspecified atom stereocenters. The normalized spacial score (nSPS) is 21.1. The quantitative estimate of drug-likeness (QED) is 0.678. The molecule has 0 amide bonds. The summed E-state index contributed by atoms with van der Waals surface area (Å²) in [5.41, 5.74) is 1.86. The first-order valence-electron chi connectivity index (χ1n) is 6.83. The van der Waals surface area contributed by atoms with Gasteiger partial charge in [-0.1, -0.05) is 36.0 Å². The van der Waals surface area contributed by atoms with E-state index >= 15 is 0 Å². The Balaban J connectivity index is 2.57. The molecular formula is C16H15ClN2O2S. The van der Waals surface area contributed by atoms with E-state index in [1.165, 1.54) is 0 Å². The number of allylic oxidation sites excluding steroid dienone is 1. The van der Waals surface area contributed by atoms with E-state index in [1.807, 2.05) is 0 Å². The third-order valence-electron chi connectivity index (χ3n) is 3.51. The molecule has 4 nitrogen and oxygen atoms in total. The van der Waals surface area contributed by atoms with Crippen LogP contribution >= 0.6 is 23.8 Å². The second-order valence-corrected chi connectivity index (χ2v) is 5.76. The van der Waals surface area contributed by atoms with Gasteiger partial charge in [-0.15, -0.1) is 0 Å². The summed E-state index contributed by atoms with van der Waals surface area (Å²) in [6.45, 7) is 3.77. The maximum Gasteiger partial charge on any atom is 0.336 e. The Morgan fingerprint density at radius 3 is 2.64 bits per heavy atom. The molecule has 1 aromatic rings. The zero-order chi connectivity index (χ0) is 16.3. The maximum atomic E-state index is 12.3. The minimum Gasteiger partial charge on any atom is -0.463 e. The Labute approximate surface area is 139 Å². The zero-order valence-corrected chi connectivity index (χ0v) is 13.8. The molecule has 0 saturated carbocycles. The van der Waals surface area contributed by atoms with Gasteiger partial charge in [-0.05, 0) is 31.5 Å². The van der Waals surface area contributed by atoms with Crippen LogP contribution in [0.25, 0.3) is 0 Å². The number of ether oxygens (including phenoxy) is 1. The number of carbonyl (C=O) groups excluding carboxylic acids is 1. The fraction of sp³-hybridized carbons (Fsp3) is 0.312. The van der Waals surface area contributed by atoms with Crippen LogP contribution in [0.15, 0.2) is 35.5 Å². The lowest BCUT2D eigenvalue weighted by Gasteiger charge is -2.31. The van der Waals surface area contributed by atoms with Gasteiger partial charge in [-0.25, -0.2) is 4.79 Å². The molecule has 114 valence electrons. The van der Waals surface area contributed by atoms with Crippen LogP contribution in [0.3, 0.4) is 0 Å². The van der Waals surface area contributed by atoms with E-state index in [-0.39, 0.29) is 6.61 Å². The first kappa shape index (κ1) is 16.5. The average Bonchev–Trinajstić information content (AvgIpc) is 2.47. The van der Waals surface area contributed by atoms with Crippen LogP contribution in [-0.2, 0) is 9.53 Å². The molecule has 6 heteroatoms. The molecule has 0 saturated heterocycles. The standard InChI is InChI=1S/C16H15ClN2O2S/c1-3-21-16(20)13-9(2)19-15(22)12(8-18)14(13)10-4-6-11(17)7-5-10/h4-7,12,14H,3H2,1-2H3,(H,19,22)/t12-,14-/m1/s1. The number of thiocarbonyl (C=S) groups is 1. The van der Waals surface area contributed by atoms with Crippen LogP contribution < -0.4 is 5.32 Å². The molecule has 0 aromatic heterocycles. The number of rotatable bonds is 3. The molecule has 22 heavy (non-hydrogen) atoms. The minimum atomic E-state index is -0.626. The second kappa shape index (κ2) is 6.91. The lowest BCUT2D eigenvalue weighted by Crippen LogP contribution is -2.40. The summed E-state index contributed by atoms with van der Waals surface area (Å²) in [5, 5.41) is 13.0. The molecular weight excluding hydrogens is 320 g/mol. The maximum absolute atomic E-state index is 12.3. The molecule has 1 aromatic carbocycles. The number of hydrogen-bond donors (Lipinski definition) is 1. The van der Waals surface area contributed by atoms with Crippen LogP contribution in [0.2, 0.25) is 5.02 Å². The highest BCUT2D eigenvalue weighted by Gasteiger charge is 2.39. The number of halogens is 1. The minimum absolute atomic E-state index is 0.268. The van der Waals surface area contributed by atoms with Gasteiger partial charge in [0.05, 0.1) is 23.2 Å². The SMILES string of the molecule is CCOC(=O)C1=C(C)NC(=S)[C@H](C#N)[C@H]1c1ccc(Cl)cc1. The van der Waals surface area contributed by atoms with Crippen molar-refractivity contribution in [2.75, 3.05) is 6.61 Å². The summed E-state index contributed by atoms with van der Waals surface area (Å²) < 4.78 is 5.14. The van der Waals surface area contributed by atoms with Crippen molar-refractivity contribution in [1.29, 1.82) is 5.26 Å². The van der Waals surface area contributed by atoms with E-state index in [4.69, 9.17) is 28.6 Å². The van der Waals surface area contributed by atoms with Gasteiger partial charge in [0.1, 0.15) is 5.92 Å². The van der Waals surface area contributed by atoms with E-state index in [1.54, 1.807) is 38.1 Å². The molecule has 0 aliphatic carbocycles. The van der Waals surface area contributed by atoms with Crippen LogP contribution in [-0.4, -0.2) is 17.6 Å². The molecule has 1 aliphatic heterocycles. The second-order valence-electron chi connectivity index (χ2n) is 4.88. The highest BCUT2D eigenvalue weighted by molar-refractivity contribution is 7.80. The first-order chi connectivity index (χ1) is 10.5.